The fourth-order valence-electron chi connectivity index (χ4n) is 2.61. The molecule has 0 heterocycles. The van der Waals surface area contributed by atoms with Crippen LogP contribution in [0, 0.1) is 6.92 Å². The molecule has 5 nitrogen and oxygen atoms in total. The number of amides is 1. The van der Waals surface area contributed by atoms with Gasteiger partial charge in [0.05, 0.1) is 12.8 Å². The molecule has 29 heavy (non-hydrogen) atoms. The van der Waals surface area contributed by atoms with Crippen LogP contribution < -0.4 is 14.8 Å². The molecule has 148 valence electrons. The number of ether oxygens (including phenoxy) is 2. The fourth-order valence-corrected chi connectivity index (χ4v) is 2.78. The van der Waals surface area contributed by atoms with E-state index in [2.05, 4.69) is 10.3 Å². The van der Waals surface area contributed by atoms with Crippen LogP contribution in [0.25, 0.3) is 0 Å². The van der Waals surface area contributed by atoms with Gasteiger partial charge in [-0.15, -0.1) is 0 Å². The number of anilines is 1. The van der Waals surface area contributed by atoms with Crippen molar-refractivity contribution in [3.63, 3.8) is 0 Å². The molecule has 0 aliphatic rings. The van der Waals surface area contributed by atoms with Crippen LogP contribution in [0.1, 0.15) is 11.1 Å². The van der Waals surface area contributed by atoms with Crippen LogP contribution in [0.3, 0.4) is 0 Å². The lowest BCUT2D eigenvalue weighted by molar-refractivity contribution is -0.118. The number of aliphatic imine (C=N–C) groups is 1. The van der Waals surface area contributed by atoms with Gasteiger partial charge in [0.15, 0.2) is 18.1 Å². The van der Waals surface area contributed by atoms with Crippen molar-refractivity contribution in [2.24, 2.45) is 4.99 Å². The minimum absolute atomic E-state index is 0.125. The van der Waals surface area contributed by atoms with Gasteiger partial charge in [-0.3, -0.25) is 9.79 Å². The van der Waals surface area contributed by atoms with Gasteiger partial charge in [0.2, 0.25) is 0 Å². The Bertz CT molecular complexity index is 1020. The Balaban J connectivity index is 1.66. The zero-order valence-corrected chi connectivity index (χ0v) is 16.9. The summed E-state index contributed by atoms with van der Waals surface area (Å²) in [6.45, 7) is 1.85. The van der Waals surface area contributed by atoms with Gasteiger partial charge < -0.3 is 14.8 Å². The van der Waals surface area contributed by atoms with Gasteiger partial charge in [-0.25, -0.2) is 0 Å². The molecule has 1 N–H and O–H groups in total. The van der Waals surface area contributed by atoms with Crippen molar-refractivity contribution < 1.29 is 14.3 Å². The molecule has 0 saturated carbocycles. The summed E-state index contributed by atoms with van der Waals surface area (Å²) in [5, 5.41) is 3.41. The number of benzene rings is 3. The van der Waals surface area contributed by atoms with E-state index in [1.165, 1.54) is 0 Å². The number of rotatable bonds is 7. The minimum Gasteiger partial charge on any atom is -0.493 e. The van der Waals surface area contributed by atoms with E-state index in [9.17, 15) is 4.79 Å². The molecule has 1 amide bonds. The third-order valence-electron chi connectivity index (χ3n) is 4.13. The summed E-state index contributed by atoms with van der Waals surface area (Å²) in [7, 11) is 1.55. The van der Waals surface area contributed by atoms with Gasteiger partial charge >= 0.3 is 0 Å². The number of hydrogen-bond donors (Lipinski definition) is 1. The number of hydrogen-bond acceptors (Lipinski definition) is 4. The maximum atomic E-state index is 12.1. The Kier molecular flexibility index (Phi) is 6.87. The second-order valence-electron chi connectivity index (χ2n) is 6.30. The zero-order valence-electron chi connectivity index (χ0n) is 16.2. The summed E-state index contributed by atoms with van der Waals surface area (Å²) < 4.78 is 11.0. The predicted octanol–water partition coefficient (Wildman–Crippen LogP) is 5.43. The van der Waals surface area contributed by atoms with Crippen molar-refractivity contribution in [1.29, 1.82) is 0 Å². The lowest BCUT2D eigenvalue weighted by atomic mass is 10.2. The standard InChI is InChI=1S/C23H21ClN2O3/c1-16-8-10-18(24)13-20(16)25-14-17-9-11-21(22(12-17)28-2)29-15-23(27)26-19-6-4-3-5-7-19/h3-14H,15H2,1-2H3,(H,26,27). The number of nitrogens with zero attached hydrogens (tertiary/aromatic N) is 1. The Morgan fingerprint density at radius 3 is 2.62 bits per heavy atom. The van der Waals surface area contributed by atoms with Crippen LogP contribution in [0.5, 0.6) is 11.5 Å². The van der Waals surface area contributed by atoms with Crippen molar-refractivity contribution in [3.05, 3.63) is 82.9 Å². The van der Waals surface area contributed by atoms with Crippen molar-refractivity contribution in [3.8, 4) is 11.5 Å². The molecule has 0 aromatic heterocycles. The number of aryl methyl sites for hydroxylation is 1. The summed E-state index contributed by atoms with van der Waals surface area (Å²) >= 11 is 6.04. The van der Waals surface area contributed by atoms with Gasteiger partial charge in [0.1, 0.15) is 0 Å². The van der Waals surface area contributed by atoms with Crippen LogP contribution in [0.4, 0.5) is 11.4 Å². The van der Waals surface area contributed by atoms with Crippen LogP contribution in [-0.2, 0) is 4.79 Å². The highest BCUT2D eigenvalue weighted by Gasteiger charge is 2.09. The molecular formula is C23H21ClN2O3. The van der Waals surface area contributed by atoms with E-state index in [1.807, 2.05) is 61.5 Å². The molecule has 0 aliphatic carbocycles. The van der Waals surface area contributed by atoms with Crippen molar-refractivity contribution in [2.45, 2.75) is 6.92 Å². The van der Waals surface area contributed by atoms with Crippen LogP contribution >= 0.6 is 11.6 Å². The van der Waals surface area contributed by atoms with E-state index >= 15 is 0 Å². The maximum absolute atomic E-state index is 12.1. The Labute approximate surface area is 175 Å². The third-order valence-corrected chi connectivity index (χ3v) is 4.36. The minimum atomic E-state index is -0.250. The number of carbonyl (C=O) groups is 1. The average Bonchev–Trinajstić information content (AvgIpc) is 2.74. The quantitative estimate of drug-likeness (QED) is 0.530. The van der Waals surface area contributed by atoms with Gasteiger partial charge in [-0.1, -0.05) is 35.9 Å². The Morgan fingerprint density at radius 1 is 1.07 bits per heavy atom. The summed E-state index contributed by atoms with van der Waals surface area (Å²) in [6.07, 6.45) is 1.73. The van der Waals surface area contributed by atoms with Crippen molar-refractivity contribution in [1.82, 2.24) is 0 Å². The number of halogens is 1. The van der Waals surface area contributed by atoms with E-state index in [0.29, 0.717) is 16.5 Å². The lowest BCUT2D eigenvalue weighted by Gasteiger charge is -2.11. The monoisotopic (exact) mass is 408 g/mol. The van der Waals surface area contributed by atoms with E-state index < -0.39 is 0 Å². The molecule has 0 aliphatic heterocycles. The first-order chi connectivity index (χ1) is 14.0. The first-order valence-corrected chi connectivity index (χ1v) is 9.39. The normalized spacial score (nSPS) is 10.7. The number of methoxy groups -OCH3 is 1. The summed E-state index contributed by atoms with van der Waals surface area (Å²) in [6, 6.07) is 20.2. The SMILES string of the molecule is COc1cc(C=Nc2cc(Cl)ccc2C)ccc1OCC(=O)Nc1ccccc1. The topological polar surface area (TPSA) is 59.9 Å². The summed E-state index contributed by atoms with van der Waals surface area (Å²) in [5.41, 5.74) is 3.38. The Hall–Kier alpha value is -3.31. The predicted molar refractivity (Wildman–Crippen MR) is 117 cm³/mol. The van der Waals surface area contributed by atoms with Crippen LogP contribution in [-0.4, -0.2) is 25.8 Å². The molecule has 0 saturated heterocycles. The van der Waals surface area contributed by atoms with Gasteiger partial charge in [-0.2, -0.15) is 0 Å². The highest BCUT2D eigenvalue weighted by atomic mass is 35.5. The van der Waals surface area contributed by atoms with E-state index in [1.54, 1.807) is 25.5 Å². The van der Waals surface area contributed by atoms with Gasteiger partial charge in [-0.05, 0) is 60.5 Å². The molecule has 0 spiro atoms. The van der Waals surface area contributed by atoms with Gasteiger partial charge in [0.25, 0.3) is 5.91 Å². The van der Waals surface area contributed by atoms with E-state index in [0.717, 1.165) is 22.5 Å². The molecule has 0 atom stereocenters. The molecule has 3 rings (SSSR count). The second kappa shape index (κ2) is 9.75. The molecule has 0 unspecified atom stereocenters. The van der Waals surface area contributed by atoms with Crippen LogP contribution in [0.15, 0.2) is 71.7 Å². The first-order valence-electron chi connectivity index (χ1n) is 9.01. The zero-order chi connectivity index (χ0) is 20.6. The Morgan fingerprint density at radius 2 is 1.86 bits per heavy atom. The number of carbonyl (C=O) groups excluding carboxylic acids is 1. The van der Waals surface area contributed by atoms with E-state index in [4.69, 9.17) is 21.1 Å². The van der Waals surface area contributed by atoms with E-state index in [-0.39, 0.29) is 12.5 Å². The highest BCUT2D eigenvalue weighted by Crippen LogP contribution is 2.28. The van der Waals surface area contributed by atoms with Gasteiger partial charge in [0, 0.05) is 16.9 Å². The lowest BCUT2D eigenvalue weighted by Crippen LogP contribution is -2.20. The second-order valence-corrected chi connectivity index (χ2v) is 6.74. The smallest absolute Gasteiger partial charge is 0.262 e. The molecule has 0 bridgehead atoms. The molecule has 0 fully saturated rings. The molecule has 6 heteroatoms. The van der Waals surface area contributed by atoms with Crippen molar-refractivity contribution >= 4 is 35.1 Å². The van der Waals surface area contributed by atoms with Crippen molar-refractivity contribution in [2.75, 3.05) is 19.0 Å². The fraction of sp³-hybridized carbons (Fsp3) is 0.130. The highest BCUT2D eigenvalue weighted by molar-refractivity contribution is 6.30. The maximum Gasteiger partial charge on any atom is 0.262 e. The summed E-state index contributed by atoms with van der Waals surface area (Å²) in [5.74, 6) is 0.747. The molecule has 3 aromatic carbocycles. The third kappa shape index (κ3) is 5.83. The largest absolute Gasteiger partial charge is 0.493 e. The molecule has 3 aromatic rings. The average molecular weight is 409 g/mol. The first kappa shape index (κ1) is 20.4. The number of para-hydroxylation sites is 1. The molecule has 0 radical (unpaired) electrons. The number of nitrogens with one attached hydrogen (secondary N) is 1. The molecular weight excluding hydrogens is 388 g/mol. The van der Waals surface area contributed by atoms with Crippen LogP contribution in [0.2, 0.25) is 5.02 Å². The summed E-state index contributed by atoms with van der Waals surface area (Å²) in [4.78, 5) is 16.6.